The molecular weight excluding hydrogens is 330 g/mol. The molecule has 138 valence electrons. The Morgan fingerprint density at radius 2 is 1.96 bits per heavy atom. The van der Waals surface area contributed by atoms with Gasteiger partial charge in [-0.1, -0.05) is 39.0 Å². The van der Waals surface area contributed by atoms with Crippen molar-refractivity contribution in [2.45, 2.75) is 59.4 Å². The van der Waals surface area contributed by atoms with Crippen molar-refractivity contribution in [3.8, 4) is 0 Å². The molecule has 0 aromatic carbocycles. The van der Waals surface area contributed by atoms with E-state index in [2.05, 4.69) is 56.9 Å². The zero-order valence-corrected chi connectivity index (χ0v) is 16.9. The van der Waals surface area contributed by atoms with Crippen molar-refractivity contribution in [2.24, 2.45) is 11.8 Å². The van der Waals surface area contributed by atoms with Crippen LogP contribution in [0.25, 0.3) is 5.57 Å². The summed E-state index contributed by atoms with van der Waals surface area (Å²) in [6.45, 7) is 8.70. The molecule has 1 N–H and O–H groups in total. The largest absolute Gasteiger partial charge is 0.477 e. The van der Waals surface area contributed by atoms with Gasteiger partial charge in [-0.2, -0.15) is 0 Å². The summed E-state index contributed by atoms with van der Waals surface area (Å²) >= 11 is 1.42. The molecule has 1 aliphatic rings. The van der Waals surface area contributed by atoms with Crippen LogP contribution >= 0.6 is 11.3 Å². The minimum Gasteiger partial charge on any atom is -0.477 e. The number of nitrogens with zero attached hydrogens (tertiary/aromatic N) is 1. The van der Waals surface area contributed by atoms with Crippen molar-refractivity contribution in [3.05, 3.63) is 34.0 Å². The Labute approximate surface area is 156 Å². The van der Waals surface area contributed by atoms with Gasteiger partial charge in [-0.3, -0.25) is 0 Å². The maximum absolute atomic E-state index is 11.8. The number of carboxylic acids is 1. The van der Waals surface area contributed by atoms with Crippen LogP contribution in [0.15, 0.2) is 24.3 Å². The number of aromatic carboxylic acids is 1. The van der Waals surface area contributed by atoms with Crippen molar-refractivity contribution in [2.75, 3.05) is 11.9 Å². The van der Waals surface area contributed by atoms with E-state index in [9.17, 15) is 9.90 Å². The van der Waals surface area contributed by atoms with Crippen LogP contribution in [-0.4, -0.2) is 24.2 Å². The zero-order chi connectivity index (χ0) is 18.6. The number of thiophene rings is 1. The highest BCUT2D eigenvalue weighted by Crippen LogP contribution is 2.38. The highest BCUT2D eigenvalue weighted by molar-refractivity contribution is 7.15. The third-order valence-electron chi connectivity index (χ3n) is 5.07. The first-order valence-corrected chi connectivity index (χ1v) is 10.1. The minimum atomic E-state index is -0.827. The summed E-state index contributed by atoms with van der Waals surface area (Å²) in [5.74, 6) is 0.0545. The SMILES string of the molecule is CC(C)/C=C/[C@H](C)C(C)N(C)c1cc(C2=CCCCC2)sc1C(=O)O. The van der Waals surface area contributed by atoms with Crippen LogP contribution in [0.4, 0.5) is 5.69 Å². The number of rotatable bonds is 7. The maximum atomic E-state index is 11.8. The van der Waals surface area contributed by atoms with Crippen LogP contribution in [0.3, 0.4) is 0 Å². The monoisotopic (exact) mass is 361 g/mol. The maximum Gasteiger partial charge on any atom is 0.348 e. The van der Waals surface area contributed by atoms with E-state index in [1.54, 1.807) is 0 Å². The summed E-state index contributed by atoms with van der Waals surface area (Å²) in [5.41, 5.74) is 2.16. The molecule has 2 rings (SSSR count). The number of carboxylic acid groups (broad SMARTS) is 1. The molecule has 3 nitrogen and oxygen atoms in total. The molecule has 1 unspecified atom stereocenters. The van der Waals surface area contributed by atoms with E-state index in [4.69, 9.17) is 0 Å². The Kier molecular flexibility index (Phi) is 6.88. The molecule has 4 heteroatoms. The van der Waals surface area contributed by atoms with Crippen LogP contribution in [0.2, 0.25) is 0 Å². The molecule has 1 aliphatic carbocycles. The van der Waals surface area contributed by atoms with Gasteiger partial charge in [-0.15, -0.1) is 11.3 Å². The van der Waals surface area contributed by atoms with E-state index in [1.807, 2.05) is 7.05 Å². The Hall–Kier alpha value is -1.55. The lowest BCUT2D eigenvalue weighted by molar-refractivity contribution is 0.0702. The van der Waals surface area contributed by atoms with Crippen LogP contribution in [-0.2, 0) is 0 Å². The third-order valence-corrected chi connectivity index (χ3v) is 6.25. The zero-order valence-electron chi connectivity index (χ0n) is 16.1. The normalized spacial score (nSPS) is 17.6. The summed E-state index contributed by atoms with van der Waals surface area (Å²) in [5, 5.41) is 9.67. The molecule has 0 spiro atoms. The lowest BCUT2D eigenvalue weighted by Gasteiger charge is -2.30. The van der Waals surface area contributed by atoms with Crippen molar-refractivity contribution in [1.82, 2.24) is 0 Å². The van der Waals surface area contributed by atoms with Crippen molar-refractivity contribution in [1.29, 1.82) is 0 Å². The number of anilines is 1. The van der Waals surface area contributed by atoms with Crippen LogP contribution in [0.1, 0.15) is 67.9 Å². The molecule has 1 aromatic rings. The van der Waals surface area contributed by atoms with Crippen molar-refractivity contribution in [3.63, 3.8) is 0 Å². The Balaban J connectivity index is 2.28. The number of hydrogen-bond donors (Lipinski definition) is 1. The molecule has 1 heterocycles. The number of carbonyl (C=O) groups is 1. The van der Waals surface area contributed by atoms with E-state index >= 15 is 0 Å². The highest BCUT2D eigenvalue weighted by Gasteiger charge is 2.24. The fraction of sp³-hybridized carbons (Fsp3) is 0.571. The minimum absolute atomic E-state index is 0.232. The van der Waals surface area contributed by atoms with E-state index in [-0.39, 0.29) is 6.04 Å². The fourth-order valence-corrected chi connectivity index (χ4v) is 4.25. The van der Waals surface area contributed by atoms with Crippen LogP contribution < -0.4 is 4.90 Å². The van der Waals surface area contributed by atoms with E-state index < -0.39 is 5.97 Å². The second-order valence-corrected chi connectivity index (χ2v) is 8.50. The summed E-state index contributed by atoms with van der Waals surface area (Å²) in [7, 11) is 2.01. The molecule has 0 saturated heterocycles. The van der Waals surface area contributed by atoms with Gasteiger partial charge < -0.3 is 10.0 Å². The predicted octanol–water partition coefficient (Wildman–Crippen LogP) is 6.08. The van der Waals surface area contributed by atoms with Crippen LogP contribution in [0.5, 0.6) is 0 Å². The van der Waals surface area contributed by atoms with E-state index in [0.717, 1.165) is 23.4 Å². The van der Waals surface area contributed by atoms with Gasteiger partial charge in [0, 0.05) is 18.0 Å². The van der Waals surface area contributed by atoms with Gasteiger partial charge in [0.25, 0.3) is 0 Å². The van der Waals surface area contributed by atoms with Gasteiger partial charge in [-0.05, 0) is 56.1 Å². The molecule has 0 amide bonds. The van der Waals surface area contributed by atoms with Gasteiger partial charge in [0.1, 0.15) is 4.88 Å². The predicted molar refractivity (Wildman–Crippen MR) is 109 cm³/mol. The average Bonchev–Trinajstić information content (AvgIpc) is 3.04. The van der Waals surface area contributed by atoms with E-state index in [1.165, 1.54) is 29.8 Å². The molecule has 0 saturated carbocycles. The second kappa shape index (κ2) is 8.70. The summed E-state index contributed by atoms with van der Waals surface area (Å²) in [6, 6.07) is 2.32. The second-order valence-electron chi connectivity index (χ2n) is 7.44. The van der Waals surface area contributed by atoms with Crippen molar-refractivity contribution >= 4 is 28.6 Å². The third kappa shape index (κ3) is 4.97. The Bertz CT molecular complexity index is 657. The summed E-state index contributed by atoms with van der Waals surface area (Å²) < 4.78 is 0. The first-order valence-electron chi connectivity index (χ1n) is 9.29. The number of hydrogen-bond acceptors (Lipinski definition) is 3. The fourth-order valence-electron chi connectivity index (χ4n) is 3.15. The molecule has 0 radical (unpaired) electrons. The molecule has 0 bridgehead atoms. The molecule has 0 fully saturated rings. The smallest absolute Gasteiger partial charge is 0.348 e. The lowest BCUT2D eigenvalue weighted by atomic mass is 9.97. The molecule has 0 aliphatic heterocycles. The Morgan fingerprint density at radius 3 is 2.52 bits per heavy atom. The lowest BCUT2D eigenvalue weighted by Crippen LogP contribution is -2.34. The van der Waals surface area contributed by atoms with Gasteiger partial charge in [0.2, 0.25) is 0 Å². The Morgan fingerprint density at radius 1 is 1.24 bits per heavy atom. The molecule has 2 atom stereocenters. The van der Waals surface area contributed by atoms with Gasteiger partial charge in [0.05, 0.1) is 5.69 Å². The quantitative estimate of drug-likeness (QED) is 0.599. The average molecular weight is 362 g/mol. The first-order chi connectivity index (χ1) is 11.8. The molecule has 1 aromatic heterocycles. The molecule has 25 heavy (non-hydrogen) atoms. The standard InChI is InChI=1S/C21H31NO2S/c1-14(2)11-12-15(3)16(4)22(5)18-13-19(25-20(18)21(23)24)17-9-7-6-8-10-17/h9,11-16H,6-8,10H2,1-5H3,(H,23,24)/b12-11+/t15-,16?/m0/s1. The molecular formula is C21H31NO2S. The topological polar surface area (TPSA) is 40.5 Å². The number of allylic oxidation sites excluding steroid dienone is 3. The summed E-state index contributed by atoms with van der Waals surface area (Å²) in [4.78, 5) is 15.5. The first kappa shape index (κ1) is 19.8. The van der Waals surface area contributed by atoms with Gasteiger partial charge in [-0.25, -0.2) is 4.79 Å². The van der Waals surface area contributed by atoms with E-state index in [0.29, 0.717) is 16.7 Å². The highest BCUT2D eigenvalue weighted by atomic mass is 32.1. The van der Waals surface area contributed by atoms with Crippen LogP contribution in [0, 0.1) is 11.8 Å². The van der Waals surface area contributed by atoms with Gasteiger partial charge >= 0.3 is 5.97 Å². The summed E-state index contributed by atoms with van der Waals surface area (Å²) in [6.07, 6.45) is 11.3. The van der Waals surface area contributed by atoms with Gasteiger partial charge in [0.15, 0.2) is 0 Å². The van der Waals surface area contributed by atoms with Crippen molar-refractivity contribution < 1.29 is 9.90 Å².